The van der Waals surface area contributed by atoms with E-state index in [0.29, 0.717) is 5.56 Å². The number of hydrogen-bond acceptors (Lipinski definition) is 4. The highest BCUT2D eigenvalue weighted by molar-refractivity contribution is 7.89. The number of hydrogen-bond donors (Lipinski definition) is 3. The van der Waals surface area contributed by atoms with Crippen LogP contribution < -0.4 is 15.4 Å². The third-order valence-corrected chi connectivity index (χ3v) is 6.43. The van der Waals surface area contributed by atoms with Crippen LogP contribution in [0.1, 0.15) is 40.4 Å². The van der Waals surface area contributed by atoms with E-state index in [1.54, 1.807) is 12.1 Å². The Hall–Kier alpha value is -2.22. The summed E-state index contributed by atoms with van der Waals surface area (Å²) >= 11 is 0. The molecular formula is C20H23N3O3S. The molecule has 1 aliphatic heterocycles. The lowest BCUT2D eigenvalue weighted by Gasteiger charge is -2.27. The van der Waals surface area contributed by atoms with E-state index in [2.05, 4.69) is 21.4 Å². The molecule has 1 atom stereocenters. The summed E-state index contributed by atoms with van der Waals surface area (Å²) in [6.45, 7) is 1.08. The lowest BCUT2D eigenvalue weighted by Crippen LogP contribution is -2.38. The highest BCUT2D eigenvalue weighted by Crippen LogP contribution is 2.23. The van der Waals surface area contributed by atoms with Crippen molar-refractivity contribution in [3.63, 3.8) is 0 Å². The van der Waals surface area contributed by atoms with Crippen molar-refractivity contribution in [2.24, 2.45) is 0 Å². The molecule has 1 unspecified atom stereocenters. The summed E-state index contributed by atoms with van der Waals surface area (Å²) in [4.78, 5) is 12.3. The van der Waals surface area contributed by atoms with Crippen LogP contribution in [0.25, 0.3) is 0 Å². The molecule has 0 bridgehead atoms. The Morgan fingerprint density at radius 2 is 1.93 bits per heavy atom. The van der Waals surface area contributed by atoms with Crippen LogP contribution in [0, 0.1) is 0 Å². The molecule has 0 saturated heterocycles. The molecule has 27 heavy (non-hydrogen) atoms. The van der Waals surface area contributed by atoms with Gasteiger partial charge in [0.2, 0.25) is 10.0 Å². The first-order valence-electron chi connectivity index (χ1n) is 9.25. The molecule has 142 valence electrons. The zero-order chi connectivity index (χ0) is 18.9. The molecule has 4 rings (SSSR count). The predicted molar refractivity (Wildman–Crippen MR) is 103 cm³/mol. The van der Waals surface area contributed by atoms with Gasteiger partial charge in [0.25, 0.3) is 5.91 Å². The fourth-order valence-corrected chi connectivity index (χ4v) is 4.44. The molecule has 0 spiro atoms. The van der Waals surface area contributed by atoms with Gasteiger partial charge < -0.3 is 10.6 Å². The summed E-state index contributed by atoms with van der Waals surface area (Å²) in [5.74, 6) is -0.225. The van der Waals surface area contributed by atoms with Crippen LogP contribution in [-0.4, -0.2) is 33.5 Å². The molecular weight excluding hydrogens is 362 g/mol. The van der Waals surface area contributed by atoms with E-state index >= 15 is 0 Å². The predicted octanol–water partition coefficient (Wildman–Crippen LogP) is 1.74. The molecule has 2 aliphatic rings. The lowest BCUT2D eigenvalue weighted by atomic mass is 9.95. The summed E-state index contributed by atoms with van der Waals surface area (Å²) < 4.78 is 28.1. The van der Waals surface area contributed by atoms with Crippen LogP contribution >= 0.6 is 0 Å². The Bertz CT molecular complexity index is 954. The second kappa shape index (κ2) is 7.42. The lowest BCUT2D eigenvalue weighted by molar-refractivity contribution is 0.0951. The van der Waals surface area contributed by atoms with Gasteiger partial charge in [-0.05, 0) is 55.1 Å². The number of carbonyl (C=O) groups excluding carboxylic acids is 1. The molecule has 1 heterocycles. The molecule has 1 amide bonds. The van der Waals surface area contributed by atoms with E-state index in [9.17, 15) is 13.2 Å². The van der Waals surface area contributed by atoms with Crippen molar-refractivity contribution in [1.29, 1.82) is 0 Å². The summed E-state index contributed by atoms with van der Waals surface area (Å²) in [5, 5.41) is 6.25. The maximum absolute atomic E-state index is 12.7. The van der Waals surface area contributed by atoms with E-state index in [1.165, 1.54) is 17.7 Å². The summed E-state index contributed by atoms with van der Waals surface area (Å²) in [7, 11) is -3.70. The number of nitrogens with one attached hydrogen (secondary N) is 3. The van der Waals surface area contributed by atoms with Gasteiger partial charge in [0, 0.05) is 24.2 Å². The number of fused-ring (bicyclic) bond motifs is 1. The zero-order valence-corrected chi connectivity index (χ0v) is 15.8. The first-order chi connectivity index (χ1) is 13.0. The molecule has 2 aromatic rings. The van der Waals surface area contributed by atoms with Crippen molar-refractivity contribution in [3.8, 4) is 0 Å². The van der Waals surface area contributed by atoms with Gasteiger partial charge in [0.15, 0.2) is 0 Å². The summed E-state index contributed by atoms with van der Waals surface area (Å²) in [6.07, 6.45) is 2.92. The van der Waals surface area contributed by atoms with Crippen molar-refractivity contribution in [3.05, 3.63) is 65.2 Å². The largest absolute Gasteiger partial charge is 0.349 e. The first kappa shape index (κ1) is 18.2. The molecule has 2 aromatic carbocycles. The van der Waals surface area contributed by atoms with Gasteiger partial charge in [-0.15, -0.1) is 0 Å². The van der Waals surface area contributed by atoms with Crippen LogP contribution in [0.5, 0.6) is 0 Å². The maximum Gasteiger partial charge on any atom is 0.251 e. The summed E-state index contributed by atoms with van der Waals surface area (Å²) in [5.41, 5.74) is 2.74. The Morgan fingerprint density at radius 1 is 1.11 bits per heavy atom. The van der Waals surface area contributed by atoms with E-state index in [4.69, 9.17) is 0 Å². The van der Waals surface area contributed by atoms with Gasteiger partial charge in [-0.25, -0.2) is 13.1 Å². The fraction of sp³-hybridized carbons (Fsp3) is 0.350. The Balaban J connectivity index is 1.47. The molecule has 7 heteroatoms. The van der Waals surface area contributed by atoms with Crippen LogP contribution in [0.3, 0.4) is 0 Å². The average molecular weight is 385 g/mol. The van der Waals surface area contributed by atoms with Gasteiger partial charge >= 0.3 is 0 Å². The highest BCUT2D eigenvalue weighted by atomic mass is 32.2. The van der Waals surface area contributed by atoms with E-state index in [1.807, 2.05) is 18.2 Å². The minimum absolute atomic E-state index is 0.0638. The average Bonchev–Trinajstić information content (AvgIpc) is 3.50. The van der Waals surface area contributed by atoms with Gasteiger partial charge in [-0.3, -0.25) is 4.79 Å². The quantitative estimate of drug-likeness (QED) is 0.707. The first-order valence-corrected chi connectivity index (χ1v) is 10.7. The SMILES string of the molecule is O=C(NC1CC1)c1cccc(S(=O)(=O)NCC2NCCc3ccccc32)c1. The summed E-state index contributed by atoms with van der Waals surface area (Å²) in [6, 6.07) is 14.4. The smallest absolute Gasteiger partial charge is 0.251 e. The molecule has 3 N–H and O–H groups in total. The van der Waals surface area contributed by atoms with Gasteiger partial charge in [-0.2, -0.15) is 0 Å². The number of amides is 1. The van der Waals surface area contributed by atoms with Crippen LogP contribution in [0.2, 0.25) is 0 Å². The van der Waals surface area contributed by atoms with E-state index in [-0.39, 0.29) is 29.4 Å². The second-order valence-corrected chi connectivity index (χ2v) is 8.85. The third kappa shape index (κ3) is 4.21. The minimum atomic E-state index is -3.70. The molecule has 1 saturated carbocycles. The topological polar surface area (TPSA) is 87.3 Å². The molecule has 1 fully saturated rings. The van der Waals surface area contributed by atoms with Crippen molar-refractivity contribution in [2.45, 2.75) is 36.2 Å². The standard InChI is InChI=1S/C20H23N3O3S/c24-20(23-16-8-9-16)15-5-3-6-17(12-15)27(25,26)22-13-19-18-7-2-1-4-14(18)10-11-21-19/h1-7,12,16,19,21-22H,8-11,13H2,(H,23,24). The van der Waals surface area contributed by atoms with Crippen molar-refractivity contribution in [1.82, 2.24) is 15.4 Å². The Kier molecular flexibility index (Phi) is 4.99. The zero-order valence-electron chi connectivity index (χ0n) is 14.9. The Morgan fingerprint density at radius 3 is 2.74 bits per heavy atom. The number of carbonyl (C=O) groups is 1. The number of benzene rings is 2. The van der Waals surface area contributed by atoms with Crippen molar-refractivity contribution < 1.29 is 13.2 Å². The van der Waals surface area contributed by atoms with E-state index < -0.39 is 10.0 Å². The molecule has 0 radical (unpaired) electrons. The minimum Gasteiger partial charge on any atom is -0.349 e. The number of rotatable bonds is 6. The normalized spacial score (nSPS) is 19.3. The van der Waals surface area contributed by atoms with Crippen LogP contribution in [0.4, 0.5) is 0 Å². The van der Waals surface area contributed by atoms with Crippen LogP contribution in [-0.2, 0) is 16.4 Å². The van der Waals surface area contributed by atoms with Gasteiger partial charge in [0.1, 0.15) is 0 Å². The van der Waals surface area contributed by atoms with Crippen LogP contribution in [0.15, 0.2) is 53.4 Å². The fourth-order valence-electron chi connectivity index (χ4n) is 3.35. The van der Waals surface area contributed by atoms with Gasteiger partial charge in [0.05, 0.1) is 4.90 Å². The molecule has 6 nitrogen and oxygen atoms in total. The monoisotopic (exact) mass is 385 g/mol. The molecule has 1 aliphatic carbocycles. The Labute approximate surface area is 159 Å². The highest BCUT2D eigenvalue weighted by Gasteiger charge is 2.25. The third-order valence-electron chi connectivity index (χ3n) is 5.01. The van der Waals surface area contributed by atoms with Crippen molar-refractivity contribution >= 4 is 15.9 Å². The molecule has 0 aromatic heterocycles. The maximum atomic E-state index is 12.7. The second-order valence-electron chi connectivity index (χ2n) is 7.08. The van der Waals surface area contributed by atoms with Gasteiger partial charge in [-0.1, -0.05) is 30.3 Å². The number of sulfonamides is 1. The van der Waals surface area contributed by atoms with Crippen molar-refractivity contribution in [2.75, 3.05) is 13.1 Å². The van der Waals surface area contributed by atoms with E-state index in [0.717, 1.165) is 31.4 Å².